The Morgan fingerprint density at radius 3 is 2.19 bits per heavy atom. The first-order chi connectivity index (χ1) is 19.8. The fourth-order valence-corrected chi connectivity index (χ4v) is 5.93. The van der Waals surface area contributed by atoms with Gasteiger partial charge in [-0.2, -0.15) is 0 Å². The zero-order valence-electron chi connectivity index (χ0n) is 25.2. The van der Waals surface area contributed by atoms with Crippen molar-refractivity contribution in [2.45, 2.75) is 109 Å². The Balaban J connectivity index is 1.74. The summed E-state index contributed by atoms with van der Waals surface area (Å²) in [5, 5.41) is 8.50. The highest BCUT2D eigenvalue weighted by Gasteiger charge is 2.44. The highest BCUT2D eigenvalue weighted by Crippen LogP contribution is 2.33. The van der Waals surface area contributed by atoms with Crippen molar-refractivity contribution in [2.75, 3.05) is 6.54 Å². The fraction of sp³-hybridized carbons (Fsp3) is 0.613. The average Bonchev–Trinajstić information content (AvgIpc) is 3.44. The first-order valence-electron chi connectivity index (χ1n) is 14.9. The number of Topliss-reactive ketones (excluding diaryl/α,β-unsaturated/α-hetero) is 2. The molecule has 11 heteroatoms. The van der Waals surface area contributed by atoms with Crippen molar-refractivity contribution in [2.24, 2.45) is 11.1 Å². The van der Waals surface area contributed by atoms with Crippen LogP contribution in [0.4, 0.5) is 4.79 Å². The summed E-state index contributed by atoms with van der Waals surface area (Å²) < 4.78 is 0. The smallest absolute Gasteiger partial charge is 0.315 e. The SMILES string of the molecule is CCC(NC(=O)[C@@H]1CCCN1C(=O)C(NC(=O)NC1(CC(=O)c2ccccc2)CCCCC1)C(C)(C)C)C(=O)C(N)=O. The van der Waals surface area contributed by atoms with E-state index in [1.807, 2.05) is 39.0 Å². The van der Waals surface area contributed by atoms with Crippen LogP contribution < -0.4 is 21.7 Å². The van der Waals surface area contributed by atoms with Crippen LogP contribution >= 0.6 is 0 Å². The minimum absolute atomic E-state index is 0.0487. The maximum Gasteiger partial charge on any atom is 0.315 e. The first-order valence-corrected chi connectivity index (χ1v) is 14.9. The van der Waals surface area contributed by atoms with Crippen molar-refractivity contribution >= 4 is 35.3 Å². The maximum atomic E-state index is 13.9. The number of benzene rings is 1. The minimum Gasteiger partial charge on any atom is -0.363 e. The van der Waals surface area contributed by atoms with Crippen LogP contribution in [0.25, 0.3) is 0 Å². The molecule has 0 aromatic heterocycles. The van der Waals surface area contributed by atoms with Crippen LogP contribution in [0.15, 0.2) is 30.3 Å². The number of carbonyl (C=O) groups is 6. The number of ketones is 2. The van der Waals surface area contributed by atoms with Crippen molar-refractivity contribution in [1.82, 2.24) is 20.9 Å². The molecule has 2 fully saturated rings. The average molecular weight is 584 g/mol. The highest BCUT2D eigenvalue weighted by atomic mass is 16.2. The highest BCUT2D eigenvalue weighted by molar-refractivity contribution is 6.37. The van der Waals surface area contributed by atoms with E-state index >= 15 is 0 Å². The number of likely N-dealkylation sites (tertiary alicyclic amines) is 1. The van der Waals surface area contributed by atoms with E-state index in [1.165, 1.54) is 4.90 Å². The molecule has 1 aliphatic heterocycles. The van der Waals surface area contributed by atoms with Crippen LogP contribution in [0.1, 0.15) is 95.8 Å². The number of amides is 5. The second-order valence-electron chi connectivity index (χ2n) is 12.6. The number of carbonyl (C=O) groups excluding carboxylic acids is 6. The Labute approximate surface area is 247 Å². The third-order valence-electron chi connectivity index (χ3n) is 8.30. The van der Waals surface area contributed by atoms with Gasteiger partial charge in [0.1, 0.15) is 12.1 Å². The summed E-state index contributed by atoms with van der Waals surface area (Å²) >= 11 is 0. The molecule has 230 valence electrons. The molecule has 5 amide bonds. The molecule has 5 N–H and O–H groups in total. The lowest BCUT2D eigenvalue weighted by atomic mass is 9.77. The standard InChI is InChI=1S/C31H45N5O6/c1-5-21(24(38)26(32)39)33-27(40)22-15-12-18-36(22)28(41)25(30(2,3)4)34-29(42)35-31(16-10-7-11-17-31)19-23(37)20-13-8-6-9-14-20/h6,8-9,13-14,21-22,25H,5,7,10-12,15-19H2,1-4H3,(H2,32,39)(H,33,40)(H2,34,35,42)/t21?,22-,25?/m0/s1. The van der Waals surface area contributed by atoms with Crippen molar-refractivity contribution in [1.29, 1.82) is 0 Å². The molecule has 0 bridgehead atoms. The summed E-state index contributed by atoms with van der Waals surface area (Å²) in [4.78, 5) is 78.5. The van der Waals surface area contributed by atoms with Gasteiger partial charge in [0.05, 0.1) is 6.04 Å². The largest absolute Gasteiger partial charge is 0.363 e. The third kappa shape index (κ3) is 8.17. The molecule has 2 unspecified atom stereocenters. The van der Waals surface area contributed by atoms with Gasteiger partial charge < -0.3 is 26.6 Å². The van der Waals surface area contributed by atoms with E-state index in [4.69, 9.17) is 5.73 Å². The number of nitrogens with zero attached hydrogens (tertiary/aromatic N) is 1. The van der Waals surface area contributed by atoms with Crippen LogP contribution in [0.3, 0.4) is 0 Å². The molecule has 1 aromatic rings. The van der Waals surface area contributed by atoms with Crippen LogP contribution in [0.5, 0.6) is 0 Å². The van der Waals surface area contributed by atoms with Crippen molar-refractivity contribution < 1.29 is 28.8 Å². The summed E-state index contributed by atoms with van der Waals surface area (Å²) in [5.41, 5.74) is 4.28. The summed E-state index contributed by atoms with van der Waals surface area (Å²) in [7, 11) is 0. The first kappa shape index (κ1) is 32.8. The number of hydrogen-bond donors (Lipinski definition) is 4. The summed E-state index contributed by atoms with van der Waals surface area (Å²) in [6.07, 6.45) is 5.39. The molecule has 1 heterocycles. The van der Waals surface area contributed by atoms with Gasteiger partial charge in [-0.25, -0.2) is 4.79 Å². The molecular weight excluding hydrogens is 538 g/mol. The molecule has 42 heavy (non-hydrogen) atoms. The molecule has 3 atom stereocenters. The number of primary amides is 1. The molecular formula is C31H45N5O6. The number of nitrogens with one attached hydrogen (secondary N) is 3. The van der Waals surface area contributed by atoms with E-state index in [1.54, 1.807) is 19.1 Å². The van der Waals surface area contributed by atoms with Gasteiger partial charge in [-0.1, -0.05) is 77.3 Å². The summed E-state index contributed by atoms with van der Waals surface area (Å²) in [5.74, 6) is -3.03. The Hall–Kier alpha value is -3.76. The van der Waals surface area contributed by atoms with Gasteiger partial charge in [0.2, 0.25) is 17.6 Å². The molecule has 0 spiro atoms. The van der Waals surface area contributed by atoms with Crippen molar-refractivity contribution in [3.05, 3.63) is 35.9 Å². The van der Waals surface area contributed by atoms with E-state index in [0.29, 0.717) is 37.8 Å². The van der Waals surface area contributed by atoms with E-state index in [2.05, 4.69) is 16.0 Å². The van der Waals surface area contributed by atoms with Crippen LogP contribution in [-0.4, -0.2) is 70.4 Å². The lowest BCUT2D eigenvalue weighted by molar-refractivity contribution is -0.143. The monoisotopic (exact) mass is 583 g/mol. The molecule has 3 rings (SSSR count). The number of nitrogens with two attached hydrogens (primary N) is 1. The van der Waals surface area contributed by atoms with Crippen LogP contribution in [0.2, 0.25) is 0 Å². The van der Waals surface area contributed by atoms with Crippen molar-refractivity contribution in [3.63, 3.8) is 0 Å². The maximum absolute atomic E-state index is 13.9. The Bertz CT molecular complexity index is 1170. The molecule has 1 aliphatic carbocycles. The van der Waals surface area contributed by atoms with E-state index in [-0.39, 0.29) is 18.6 Å². The fourth-order valence-electron chi connectivity index (χ4n) is 5.93. The molecule has 2 aliphatic rings. The summed E-state index contributed by atoms with van der Waals surface area (Å²) in [6, 6.07) is 5.57. The molecule has 1 saturated heterocycles. The van der Waals surface area contributed by atoms with E-state index in [9.17, 15) is 28.8 Å². The van der Waals surface area contributed by atoms with Gasteiger partial charge in [0.15, 0.2) is 5.78 Å². The second-order valence-corrected chi connectivity index (χ2v) is 12.6. The predicted octanol–water partition coefficient (Wildman–Crippen LogP) is 2.62. The van der Waals surface area contributed by atoms with Crippen molar-refractivity contribution in [3.8, 4) is 0 Å². The van der Waals surface area contributed by atoms with Gasteiger partial charge in [-0.15, -0.1) is 0 Å². The predicted molar refractivity (Wildman–Crippen MR) is 157 cm³/mol. The second kappa shape index (κ2) is 13.9. The normalized spacial score (nSPS) is 19.7. The lowest BCUT2D eigenvalue weighted by Crippen LogP contribution is -2.62. The van der Waals surface area contributed by atoms with E-state index in [0.717, 1.165) is 19.3 Å². The Morgan fingerprint density at radius 1 is 0.976 bits per heavy atom. The summed E-state index contributed by atoms with van der Waals surface area (Å²) in [6.45, 7) is 7.44. The number of rotatable bonds is 11. The number of urea groups is 1. The van der Waals surface area contributed by atoms with E-state index < -0.39 is 58.6 Å². The van der Waals surface area contributed by atoms with Crippen LogP contribution in [-0.2, 0) is 19.2 Å². The van der Waals surface area contributed by atoms with Gasteiger partial charge in [-0.05, 0) is 37.5 Å². The zero-order chi connectivity index (χ0) is 31.1. The quantitative estimate of drug-likeness (QED) is 0.231. The van der Waals surface area contributed by atoms with Gasteiger partial charge in [0.25, 0.3) is 5.91 Å². The zero-order valence-corrected chi connectivity index (χ0v) is 25.2. The van der Waals surface area contributed by atoms with Gasteiger partial charge in [-0.3, -0.25) is 24.0 Å². The lowest BCUT2D eigenvalue weighted by Gasteiger charge is -2.40. The minimum atomic E-state index is -1.13. The molecule has 1 aromatic carbocycles. The molecule has 0 radical (unpaired) electrons. The Kier molecular flexibility index (Phi) is 10.9. The molecule has 11 nitrogen and oxygen atoms in total. The van der Waals surface area contributed by atoms with Gasteiger partial charge in [0, 0.05) is 24.1 Å². The topological polar surface area (TPSA) is 168 Å². The third-order valence-corrected chi connectivity index (χ3v) is 8.30. The molecule has 1 saturated carbocycles. The Morgan fingerprint density at radius 2 is 1.62 bits per heavy atom. The number of hydrogen-bond acceptors (Lipinski definition) is 6. The van der Waals surface area contributed by atoms with Crippen LogP contribution in [0, 0.1) is 5.41 Å². The van der Waals surface area contributed by atoms with Gasteiger partial charge >= 0.3 is 6.03 Å².